The van der Waals surface area contributed by atoms with E-state index >= 15 is 0 Å². The Morgan fingerprint density at radius 1 is 1.29 bits per heavy atom. The van der Waals surface area contributed by atoms with Gasteiger partial charge < -0.3 is 5.32 Å². The highest BCUT2D eigenvalue weighted by atomic mass is 32.2. The van der Waals surface area contributed by atoms with Crippen molar-refractivity contribution in [1.82, 2.24) is 10.2 Å². The predicted molar refractivity (Wildman–Crippen MR) is 117 cm³/mol. The van der Waals surface area contributed by atoms with Gasteiger partial charge in [0, 0.05) is 18.7 Å². The Hall–Kier alpha value is -1.91. The molecule has 0 aliphatic carbocycles. The molecule has 1 N–H and O–H groups in total. The zero-order valence-corrected chi connectivity index (χ0v) is 18.6. The number of aromatic nitrogens is 2. The quantitative estimate of drug-likeness (QED) is 0.345. The summed E-state index contributed by atoms with van der Waals surface area (Å²) in [6.45, 7) is 7.72. The molecule has 1 heterocycles. The highest BCUT2D eigenvalue weighted by Gasteiger charge is 2.18. The van der Waals surface area contributed by atoms with Gasteiger partial charge >= 0.3 is 0 Å². The molecule has 7 nitrogen and oxygen atoms in total. The van der Waals surface area contributed by atoms with Crippen LogP contribution in [0.1, 0.15) is 24.0 Å². The number of carbonyl (C=O) groups is 1. The second-order valence-electron chi connectivity index (χ2n) is 6.31. The van der Waals surface area contributed by atoms with Gasteiger partial charge in [0.05, 0.1) is 11.9 Å². The van der Waals surface area contributed by atoms with Crippen molar-refractivity contribution in [2.45, 2.75) is 31.0 Å². The van der Waals surface area contributed by atoms with Gasteiger partial charge in [-0.05, 0) is 43.5 Å². The van der Waals surface area contributed by atoms with E-state index in [0.29, 0.717) is 17.2 Å². The maximum absolute atomic E-state index is 12.2. The number of hydrogen-bond acceptors (Lipinski definition) is 7. The van der Waals surface area contributed by atoms with Gasteiger partial charge in [-0.1, -0.05) is 35.2 Å². The van der Waals surface area contributed by atoms with Gasteiger partial charge in [-0.3, -0.25) is 9.10 Å². The smallest absolute Gasteiger partial charge is 0.232 e. The van der Waals surface area contributed by atoms with Crippen LogP contribution in [-0.2, 0) is 14.8 Å². The van der Waals surface area contributed by atoms with Crippen molar-refractivity contribution in [1.29, 1.82) is 0 Å². The zero-order valence-electron chi connectivity index (χ0n) is 16.1. The summed E-state index contributed by atoms with van der Waals surface area (Å²) in [6.07, 6.45) is 3.52. The van der Waals surface area contributed by atoms with Crippen LogP contribution in [0, 0.1) is 13.8 Å². The Balaban J connectivity index is 1.94. The van der Waals surface area contributed by atoms with Gasteiger partial charge in [0.2, 0.25) is 21.1 Å². The number of amides is 1. The number of nitrogens with one attached hydrogen (secondary N) is 1. The Morgan fingerprint density at radius 3 is 2.57 bits per heavy atom. The zero-order chi connectivity index (χ0) is 20.7. The summed E-state index contributed by atoms with van der Waals surface area (Å²) in [5, 5.41) is 11.1. The molecular formula is C18H24N4O3S3. The van der Waals surface area contributed by atoms with Crippen LogP contribution in [0.4, 0.5) is 10.8 Å². The number of carbonyl (C=O) groups excluding carboxylic acids is 1. The minimum atomic E-state index is -3.44. The summed E-state index contributed by atoms with van der Waals surface area (Å²) >= 11 is 2.79. The van der Waals surface area contributed by atoms with Crippen LogP contribution in [-0.4, -0.2) is 43.1 Å². The Labute approximate surface area is 174 Å². The third-order valence-electron chi connectivity index (χ3n) is 3.64. The van der Waals surface area contributed by atoms with E-state index in [0.717, 1.165) is 21.2 Å². The third-order valence-corrected chi connectivity index (χ3v) is 6.80. The molecule has 0 saturated heterocycles. The molecule has 1 amide bonds. The van der Waals surface area contributed by atoms with E-state index in [-0.39, 0.29) is 18.9 Å². The fraction of sp³-hybridized carbons (Fsp3) is 0.389. The van der Waals surface area contributed by atoms with E-state index in [2.05, 4.69) is 22.1 Å². The molecule has 0 aliphatic heterocycles. The van der Waals surface area contributed by atoms with Crippen molar-refractivity contribution in [3.05, 3.63) is 42.0 Å². The van der Waals surface area contributed by atoms with E-state index in [1.165, 1.54) is 33.7 Å². The summed E-state index contributed by atoms with van der Waals surface area (Å²) in [5.41, 5.74) is 2.60. The monoisotopic (exact) mass is 440 g/mol. The van der Waals surface area contributed by atoms with Crippen LogP contribution in [0.15, 0.2) is 35.2 Å². The van der Waals surface area contributed by atoms with E-state index in [9.17, 15) is 13.2 Å². The van der Waals surface area contributed by atoms with Gasteiger partial charge in [0.1, 0.15) is 0 Å². The number of anilines is 2. The number of hydrogen-bond donors (Lipinski definition) is 1. The lowest BCUT2D eigenvalue weighted by molar-refractivity contribution is -0.116. The lowest BCUT2D eigenvalue weighted by Gasteiger charge is -2.23. The summed E-state index contributed by atoms with van der Waals surface area (Å²) in [6, 6.07) is 5.65. The number of rotatable bonds is 10. The largest absolute Gasteiger partial charge is 0.301 e. The van der Waals surface area contributed by atoms with Crippen LogP contribution in [0.3, 0.4) is 0 Å². The normalized spacial score (nSPS) is 11.2. The first-order valence-corrected chi connectivity index (χ1v) is 12.3. The summed E-state index contributed by atoms with van der Waals surface area (Å²) in [5.74, 6) is 0.507. The third kappa shape index (κ3) is 6.92. The minimum absolute atomic E-state index is 0.186. The standard InChI is InChI=1S/C18H24N4O3S3/c1-5-9-26-18-21-20-17(27-18)19-16(23)7-6-8-22(28(4,24)25)15-11-13(2)10-14(3)12-15/h5,10-12H,1,6-9H2,2-4H3,(H,19,20,23). The molecule has 10 heteroatoms. The van der Waals surface area contributed by atoms with Crippen LogP contribution in [0.2, 0.25) is 0 Å². The Bertz CT molecular complexity index is 921. The molecule has 152 valence electrons. The minimum Gasteiger partial charge on any atom is -0.301 e. The number of aryl methyl sites for hydroxylation is 2. The average molecular weight is 441 g/mol. The summed E-state index contributed by atoms with van der Waals surface area (Å²) < 4.78 is 26.5. The van der Waals surface area contributed by atoms with E-state index in [1.807, 2.05) is 32.0 Å². The lowest BCUT2D eigenvalue weighted by atomic mass is 10.1. The first-order chi connectivity index (χ1) is 13.2. The van der Waals surface area contributed by atoms with E-state index in [4.69, 9.17) is 0 Å². The predicted octanol–water partition coefficient (Wildman–Crippen LogP) is 3.62. The number of thioether (sulfide) groups is 1. The van der Waals surface area contributed by atoms with Crippen molar-refractivity contribution >= 4 is 49.8 Å². The van der Waals surface area contributed by atoms with Crippen LogP contribution < -0.4 is 9.62 Å². The maximum Gasteiger partial charge on any atom is 0.232 e. The molecule has 28 heavy (non-hydrogen) atoms. The maximum atomic E-state index is 12.2. The second kappa shape index (κ2) is 10.0. The first-order valence-electron chi connectivity index (χ1n) is 8.62. The second-order valence-corrected chi connectivity index (χ2v) is 10.5. The van der Waals surface area contributed by atoms with E-state index < -0.39 is 10.0 Å². The SMILES string of the molecule is C=CCSc1nnc(NC(=O)CCCN(c2cc(C)cc(C)c2)S(C)(=O)=O)s1. The highest BCUT2D eigenvalue weighted by molar-refractivity contribution is 8.01. The van der Waals surface area contributed by atoms with Gasteiger partial charge in [-0.2, -0.15) is 0 Å². The van der Waals surface area contributed by atoms with Crippen LogP contribution >= 0.6 is 23.1 Å². The molecule has 0 spiro atoms. The molecule has 2 rings (SSSR count). The Kier molecular flexibility index (Phi) is 8.02. The average Bonchev–Trinajstić information content (AvgIpc) is 3.02. The topological polar surface area (TPSA) is 92.3 Å². The molecule has 0 saturated carbocycles. The molecule has 1 aromatic heterocycles. The van der Waals surface area contributed by atoms with Crippen molar-refractivity contribution in [2.75, 3.05) is 28.2 Å². The van der Waals surface area contributed by atoms with E-state index in [1.54, 1.807) is 6.08 Å². The van der Waals surface area contributed by atoms with Crippen molar-refractivity contribution in [2.24, 2.45) is 0 Å². The van der Waals surface area contributed by atoms with Gasteiger partial charge in [-0.15, -0.1) is 16.8 Å². The van der Waals surface area contributed by atoms with Gasteiger partial charge in [-0.25, -0.2) is 8.42 Å². The molecule has 1 aromatic carbocycles. The first kappa shape index (κ1) is 22.4. The molecule has 0 fully saturated rings. The lowest BCUT2D eigenvalue weighted by Crippen LogP contribution is -2.31. The van der Waals surface area contributed by atoms with Gasteiger partial charge in [0.25, 0.3) is 0 Å². The molecule has 0 radical (unpaired) electrons. The molecule has 0 unspecified atom stereocenters. The number of benzene rings is 1. The fourth-order valence-corrected chi connectivity index (χ4v) is 5.07. The Morgan fingerprint density at radius 2 is 1.96 bits per heavy atom. The van der Waals surface area contributed by atoms with Crippen molar-refractivity contribution in [3.8, 4) is 0 Å². The van der Waals surface area contributed by atoms with Gasteiger partial charge in [0.15, 0.2) is 4.34 Å². The highest BCUT2D eigenvalue weighted by Crippen LogP contribution is 2.25. The fourth-order valence-electron chi connectivity index (χ4n) is 2.59. The summed E-state index contributed by atoms with van der Waals surface area (Å²) in [7, 11) is -3.44. The summed E-state index contributed by atoms with van der Waals surface area (Å²) in [4.78, 5) is 12.1. The number of nitrogens with zero attached hydrogens (tertiary/aromatic N) is 3. The van der Waals surface area contributed by atoms with Crippen LogP contribution in [0.25, 0.3) is 0 Å². The van der Waals surface area contributed by atoms with Crippen LogP contribution in [0.5, 0.6) is 0 Å². The molecule has 0 aliphatic rings. The molecular weight excluding hydrogens is 416 g/mol. The van der Waals surface area contributed by atoms with Crippen molar-refractivity contribution < 1.29 is 13.2 Å². The number of sulfonamides is 1. The molecule has 0 atom stereocenters. The molecule has 0 bridgehead atoms. The van der Waals surface area contributed by atoms with Crippen molar-refractivity contribution in [3.63, 3.8) is 0 Å². The molecule has 2 aromatic rings.